The van der Waals surface area contributed by atoms with Gasteiger partial charge in [-0.05, 0) is 37.6 Å². The van der Waals surface area contributed by atoms with E-state index in [4.69, 9.17) is 0 Å². The molecule has 6 heteroatoms. The lowest BCUT2D eigenvalue weighted by molar-refractivity contribution is -0.133. The van der Waals surface area contributed by atoms with Crippen LogP contribution in [0.3, 0.4) is 0 Å². The van der Waals surface area contributed by atoms with Crippen LogP contribution in [0.2, 0.25) is 0 Å². The first-order valence-electron chi connectivity index (χ1n) is 7.97. The van der Waals surface area contributed by atoms with Gasteiger partial charge in [0.15, 0.2) is 0 Å². The average molecular weight is 382 g/mol. The summed E-state index contributed by atoms with van der Waals surface area (Å²) in [6.45, 7) is 3.01. The van der Waals surface area contributed by atoms with Crippen molar-refractivity contribution in [2.75, 3.05) is 20.1 Å². The third-order valence-electron chi connectivity index (χ3n) is 4.21. The van der Waals surface area contributed by atoms with Crippen molar-refractivity contribution in [1.82, 2.24) is 15.5 Å². The second-order valence-electron chi connectivity index (χ2n) is 5.98. The van der Waals surface area contributed by atoms with Gasteiger partial charge >= 0.3 is 0 Å². The van der Waals surface area contributed by atoms with E-state index in [1.807, 2.05) is 36.2 Å². The van der Waals surface area contributed by atoms with E-state index in [1.54, 1.807) is 0 Å². The molecule has 2 amide bonds. The molecule has 2 N–H and O–H groups in total. The monoisotopic (exact) mass is 381 g/mol. The number of hydrogen-bond acceptors (Lipinski definition) is 3. The maximum Gasteiger partial charge on any atom is 0.225 e. The molecular formula is C17H24BrN3O2. The van der Waals surface area contributed by atoms with Crippen molar-refractivity contribution in [3.63, 3.8) is 0 Å². The van der Waals surface area contributed by atoms with Crippen molar-refractivity contribution < 1.29 is 9.59 Å². The summed E-state index contributed by atoms with van der Waals surface area (Å²) in [6.07, 6.45) is 2.40. The summed E-state index contributed by atoms with van der Waals surface area (Å²) in [5.74, 6) is -0.0379. The maximum absolute atomic E-state index is 12.6. The van der Waals surface area contributed by atoms with Crippen LogP contribution in [0.25, 0.3) is 0 Å². The number of nitrogens with zero attached hydrogens (tertiary/aromatic N) is 1. The molecule has 1 saturated heterocycles. The number of nitrogens with one attached hydrogen (secondary N) is 2. The molecule has 1 aliphatic rings. The zero-order valence-corrected chi connectivity index (χ0v) is 15.2. The fraction of sp³-hybridized carbons (Fsp3) is 0.529. The Balaban J connectivity index is 2.06. The first-order valence-corrected chi connectivity index (χ1v) is 8.76. The first kappa shape index (κ1) is 17.9. The Morgan fingerprint density at radius 3 is 2.65 bits per heavy atom. The topological polar surface area (TPSA) is 61.4 Å². The number of rotatable bonds is 5. The highest BCUT2D eigenvalue weighted by Gasteiger charge is 2.25. The summed E-state index contributed by atoms with van der Waals surface area (Å²) in [4.78, 5) is 26.0. The largest absolute Gasteiger partial charge is 0.349 e. The van der Waals surface area contributed by atoms with Crippen LogP contribution in [-0.2, 0) is 9.59 Å². The van der Waals surface area contributed by atoms with E-state index in [1.165, 1.54) is 6.92 Å². The molecular weight excluding hydrogens is 358 g/mol. The van der Waals surface area contributed by atoms with Gasteiger partial charge < -0.3 is 15.5 Å². The number of carbonyl (C=O) groups excluding carboxylic acids is 2. The standard InChI is InChI=1S/C17H24BrN3O2/c1-12(22)20-16(13-5-7-14(18)8-6-13)10-17(23)21-9-3-4-15(11-21)19-2/h5-8,15-16,19H,3-4,9-11H2,1-2H3,(H,20,22)/t15-,16+/m0/s1. The molecule has 0 aromatic heterocycles. The molecule has 2 rings (SSSR count). The number of hydrogen-bond donors (Lipinski definition) is 2. The molecule has 0 radical (unpaired) electrons. The molecule has 1 fully saturated rings. The van der Waals surface area contributed by atoms with Crippen molar-refractivity contribution in [2.45, 2.75) is 38.3 Å². The zero-order chi connectivity index (χ0) is 16.8. The Morgan fingerprint density at radius 2 is 2.04 bits per heavy atom. The molecule has 2 atom stereocenters. The molecule has 5 nitrogen and oxygen atoms in total. The number of piperidine rings is 1. The van der Waals surface area contributed by atoms with Crippen molar-refractivity contribution in [3.8, 4) is 0 Å². The van der Waals surface area contributed by atoms with E-state index in [2.05, 4.69) is 26.6 Å². The zero-order valence-electron chi connectivity index (χ0n) is 13.6. The van der Waals surface area contributed by atoms with Gasteiger partial charge in [0, 0.05) is 30.5 Å². The number of amides is 2. The molecule has 0 bridgehead atoms. The summed E-state index contributed by atoms with van der Waals surface area (Å²) < 4.78 is 0.974. The number of benzene rings is 1. The number of carbonyl (C=O) groups is 2. The van der Waals surface area contributed by atoms with Gasteiger partial charge in [-0.15, -0.1) is 0 Å². The Kier molecular flexibility index (Phi) is 6.59. The van der Waals surface area contributed by atoms with Crippen molar-refractivity contribution in [3.05, 3.63) is 34.3 Å². The van der Waals surface area contributed by atoms with E-state index in [0.717, 1.165) is 36.0 Å². The van der Waals surface area contributed by atoms with E-state index in [0.29, 0.717) is 6.04 Å². The predicted molar refractivity (Wildman–Crippen MR) is 94.0 cm³/mol. The Labute approximate surface area is 145 Å². The Morgan fingerprint density at radius 1 is 1.35 bits per heavy atom. The Hall–Kier alpha value is -1.40. The normalized spacial score (nSPS) is 19.3. The lowest BCUT2D eigenvalue weighted by atomic mass is 10.0. The van der Waals surface area contributed by atoms with Crippen LogP contribution in [0, 0.1) is 0 Å². The van der Waals surface area contributed by atoms with Gasteiger partial charge in [-0.3, -0.25) is 9.59 Å². The second kappa shape index (κ2) is 8.45. The lowest BCUT2D eigenvalue weighted by Gasteiger charge is -2.33. The molecule has 0 unspecified atom stereocenters. The van der Waals surface area contributed by atoms with Gasteiger partial charge in [-0.2, -0.15) is 0 Å². The molecule has 0 aliphatic carbocycles. The fourth-order valence-corrected chi connectivity index (χ4v) is 3.20. The fourth-order valence-electron chi connectivity index (χ4n) is 2.94. The van der Waals surface area contributed by atoms with Gasteiger partial charge in [0.05, 0.1) is 12.5 Å². The van der Waals surface area contributed by atoms with Crippen LogP contribution in [0.4, 0.5) is 0 Å². The van der Waals surface area contributed by atoms with Gasteiger partial charge in [-0.25, -0.2) is 0 Å². The molecule has 1 aliphatic heterocycles. The van der Waals surface area contributed by atoms with Crippen molar-refractivity contribution in [2.24, 2.45) is 0 Å². The van der Waals surface area contributed by atoms with E-state index >= 15 is 0 Å². The van der Waals surface area contributed by atoms with E-state index in [-0.39, 0.29) is 24.3 Å². The third-order valence-corrected chi connectivity index (χ3v) is 4.74. The van der Waals surface area contributed by atoms with Crippen molar-refractivity contribution in [1.29, 1.82) is 0 Å². The van der Waals surface area contributed by atoms with Crippen LogP contribution >= 0.6 is 15.9 Å². The highest BCUT2D eigenvalue weighted by molar-refractivity contribution is 9.10. The molecule has 23 heavy (non-hydrogen) atoms. The second-order valence-corrected chi connectivity index (χ2v) is 6.89. The van der Waals surface area contributed by atoms with Crippen LogP contribution in [0.5, 0.6) is 0 Å². The summed E-state index contributed by atoms with van der Waals surface area (Å²) in [7, 11) is 1.93. The van der Waals surface area contributed by atoms with Crippen LogP contribution in [0.1, 0.15) is 37.8 Å². The molecule has 0 saturated carbocycles. The van der Waals surface area contributed by atoms with E-state index in [9.17, 15) is 9.59 Å². The predicted octanol–water partition coefficient (Wildman–Crippen LogP) is 2.23. The van der Waals surface area contributed by atoms with Gasteiger partial charge in [0.25, 0.3) is 0 Å². The highest BCUT2D eigenvalue weighted by Crippen LogP contribution is 2.22. The quantitative estimate of drug-likeness (QED) is 0.821. The average Bonchev–Trinajstić information content (AvgIpc) is 2.54. The third kappa shape index (κ3) is 5.32. The van der Waals surface area contributed by atoms with Crippen LogP contribution < -0.4 is 10.6 Å². The first-order chi connectivity index (χ1) is 11.0. The smallest absolute Gasteiger partial charge is 0.225 e. The lowest BCUT2D eigenvalue weighted by Crippen LogP contribution is -2.47. The molecule has 1 aromatic rings. The number of likely N-dealkylation sites (tertiary alicyclic amines) is 1. The van der Waals surface area contributed by atoms with Crippen LogP contribution in [0.15, 0.2) is 28.7 Å². The number of halogens is 1. The summed E-state index contributed by atoms with van der Waals surface area (Å²) in [6, 6.07) is 7.79. The molecule has 1 heterocycles. The molecule has 126 valence electrons. The van der Waals surface area contributed by atoms with Crippen LogP contribution in [-0.4, -0.2) is 42.9 Å². The SMILES string of the molecule is CN[C@H]1CCCN(C(=O)C[C@@H](NC(C)=O)c2ccc(Br)cc2)C1. The highest BCUT2D eigenvalue weighted by atomic mass is 79.9. The minimum Gasteiger partial charge on any atom is -0.349 e. The summed E-state index contributed by atoms with van der Waals surface area (Å²) in [5.41, 5.74) is 0.943. The van der Waals surface area contributed by atoms with Gasteiger partial charge in [0.1, 0.15) is 0 Å². The van der Waals surface area contributed by atoms with Crippen molar-refractivity contribution >= 4 is 27.7 Å². The van der Waals surface area contributed by atoms with Gasteiger partial charge in [0.2, 0.25) is 11.8 Å². The Bertz CT molecular complexity index is 547. The minimum atomic E-state index is -0.289. The molecule has 1 aromatic carbocycles. The van der Waals surface area contributed by atoms with E-state index < -0.39 is 0 Å². The summed E-state index contributed by atoms with van der Waals surface area (Å²) >= 11 is 3.40. The maximum atomic E-state index is 12.6. The minimum absolute atomic E-state index is 0.0895. The number of likely N-dealkylation sites (N-methyl/N-ethyl adjacent to an activating group) is 1. The summed E-state index contributed by atoms with van der Waals surface area (Å²) in [5, 5.41) is 6.14. The molecule has 0 spiro atoms. The van der Waals surface area contributed by atoms with Gasteiger partial charge in [-0.1, -0.05) is 28.1 Å².